The number of carbonyl (C=O) groups is 1. The molecule has 0 atom stereocenters. The number of benzene rings is 1. The maximum absolute atomic E-state index is 11.4. The SMILES string of the molecule is CCCSc1ccc(C=NNc2nc(CC(=O)OCC)cs2)cc1. The number of hydrogen-bond donors (Lipinski definition) is 1. The molecule has 0 bridgehead atoms. The van der Waals surface area contributed by atoms with Crippen molar-refractivity contribution in [1.82, 2.24) is 4.98 Å². The van der Waals surface area contributed by atoms with Crippen LogP contribution in [0, 0.1) is 0 Å². The average Bonchev–Trinajstić information content (AvgIpc) is 3.01. The highest BCUT2D eigenvalue weighted by Crippen LogP contribution is 2.19. The lowest BCUT2D eigenvalue weighted by Crippen LogP contribution is -2.07. The lowest BCUT2D eigenvalue weighted by molar-refractivity contribution is -0.142. The maximum Gasteiger partial charge on any atom is 0.311 e. The van der Waals surface area contributed by atoms with Crippen molar-refractivity contribution >= 4 is 40.4 Å². The van der Waals surface area contributed by atoms with Crippen LogP contribution in [0.3, 0.4) is 0 Å². The topological polar surface area (TPSA) is 63.6 Å². The van der Waals surface area contributed by atoms with E-state index in [2.05, 4.69) is 34.6 Å². The summed E-state index contributed by atoms with van der Waals surface area (Å²) in [7, 11) is 0. The van der Waals surface area contributed by atoms with E-state index in [-0.39, 0.29) is 12.4 Å². The van der Waals surface area contributed by atoms with Crippen LogP contribution in [0.2, 0.25) is 0 Å². The van der Waals surface area contributed by atoms with Gasteiger partial charge in [0.15, 0.2) is 0 Å². The summed E-state index contributed by atoms with van der Waals surface area (Å²) >= 11 is 3.26. The van der Waals surface area contributed by atoms with E-state index in [1.165, 1.54) is 22.7 Å². The molecular weight excluding hydrogens is 342 g/mol. The Labute approximate surface area is 150 Å². The predicted molar refractivity (Wildman–Crippen MR) is 101 cm³/mol. The average molecular weight is 364 g/mol. The Bertz CT molecular complexity index is 669. The molecule has 0 aliphatic heterocycles. The van der Waals surface area contributed by atoms with Crippen molar-refractivity contribution in [3.63, 3.8) is 0 Å². The molecule has 128 valence electrons. The van der Waals surface area contributed by atoms with Crippen molar-refractivity contribution in [2.75, 3.05) is 17.8 Å². The van der Waals surface area contributed by atoms with Gasteiger partial charge in [-0.1, -0.05) is 19.1 Å². The summed E-state index contributed by atoms with van der Waals surface area (Å²) < 4.78 is 4.90. The monoisotopic (exact) mass is 363 g/mol. The van der Waals surface area contributed by atoms with Gasteiger partial charge in [0.1, 0.15) is 0 Å². The Balaban J connectivity index is 1.83. The van der Waals surface area contributed by atoms with Crippen molar-refractivity contribution in [2.24, 2.45) is 5.10 Å². The van der Waals surface area contributed by atoms with Crippen molar-refractivity contribution in [2.45, 2.75) is 31.6 Å². The zero-order chi connectivity index (χ0) is 17.2. The number of hydrazone groups is 1. The second kappa shape index (κ2) is 10.1. The Morgan fingerprint density at radius 1 is 1.38 bits per heavy atom. The molecule has 0 unspecified atom stereocenters. The number of rotatable bonds is 9. The van der Waals surface area contributed by atoms with Gasteiger partial charge in [-0.3, -0.25) is 10.2 Å². The molecule has 0 radical (unpaired) electrons. The van der Waals surface area contributed by atoms with Crippen molar-refractivity contribution < 1.29 is 9.53 Å². The highest BCUT2D eigenvalue weighted by molar-refractivity contribution is 7.99. The number of nitrogens with one attached hydrogen (secondary N) is 1. The smallest absolute Gasteiger partial charge is 0.311 e. The van der Waals surface area contributed by atoms with Crippen molar-refractivity contribution in [3.8, 4) is 0 Å². The Morgan fingerprint density at radius 3 is 2.88 bits per heavy atom. The van der Waals surface area contributed by atoms with Crippen LogP contribution in [0.4, 0.5) is 5.13 Å². The van der Waals surface area contributed by atoms with E-state index in [0.717, 1.165) is 11.3 Å². The normalized spacial score (nSPS) is 10.9. The first kappa shape index (κ1) is 18.5. The number of anilines is 1. The fourth-order valence-corrected chi connectivity index (χ4v) is 3.26. The summed E-state index contributed by atoms with van der Waals surface area (Å²) in [6.07, 6.45) is 3.11. The number of thioether (sulfide) groups is 1. The van der Waals surface area contributed by atoms with E-state index < -0.39 is 0 Å². The molecule has 0 fully saturated rings. The zero-order valence-corrected chi connectivity index (χ0v) is 15.5. The van der Waals surface area contributed by atoms with E-state index in [0.29, 0.717) is 17.4 Å². The highest BCUT2D eigenvalue weighted by atomic mass is 32.2. The Kier molecular flexibility index (Phi) is 7.77. The maximum atomic E-state index is 11.4. The predicted octanol–water partition coefficient (Wildman–Crippen LogP) is 4.20. The van der Waals surface area contributed by atoms with Crippen LogP contribution in [0.15, 0.2) is 39.6 Å². The summed E-state index contributed by atoms with van der Waals surface area (Å²) in [6.45, 7) is 4.35. The molecular formula is C17H21N3O2S2. The lowest BCUT2D eigenvalue weighted by atomic mass is 10.2. The summed E-state index contributed by atoms with van der Waals surface area (Å²) in [5.41, 5.74) is 4.60. The first-order valence-corrected chi connectivity index (χ1v) is 9.69. The van der Waals surface area contributed by atoms with Crippen LogP contribution < -0.4 is 5.43 Å². The Hall–Kier alpha value is -1.86. The van der Waals surface area contributed by atoms with E-state index >= 15 is 0 Å². The molecule has 1 aromatic carbocycles. The minimum Gasteiger partial charge on any atom is -0.466 e. The van der Waals surface area contributed by atoms with Gasteiger partial charge >= 0.3 is 5.97 Å². The number of thiazole rings is 1. The van der Waals surface area contributed by atoms with E-state index in [1.54, 1.807) is 13.1 Å². The summed E-state index contributed by atoms with van der Waals surface area (Å²) in [5, 5.41) is 6.66. The summed E-state index contributed by atoms with van der Waals surface area (Å²) in [6, 6.07) is 8.28. The number of nitrogens with zero attached hydrogens (tertiary/aromatic N) is 2. The number of esters is 1. The third kappa shape index (κ3) is 6.33. The first-order valence-electron chi connectivity index (χ1n) is 7.83. The molecule has 2 rings (SSSR count). The molecule has 0 amide bonds. The second-order valence-corrected chi connectivity index (χ2v) is 6.94. The standard InChI is InChI=1S/C17H21N3O2S2/c1-3-9-23-15-7-5-13(6-8-15)11-18-20-17-19-14(12-24-17)10-16(21)22-4-2/h5-8,11-12H,3-4,9-10H2,1-2H3,(H,19,20). The third-order valence-electron chi connectivity index (χ3n) is 2.91. The van der Waals surface area contributed by atoms with Gasteiger partial charge in [-0.2, -0.15) is 5.10 Å². The largest absolute Gasteiger partial charge is 0.466 e. The molecule has 0 saturated heterocycles. The first-order chi connectivity index (χ1) is 11.7. The third-order valence-corrected chi connectivity index (χ3v) is 4.92. The van der Waals surface area contributed by atoms with Gasteiger partial charge in [-0.15, -0.1) is 23.1 Å². The van der Waals surface area contributed by atoms with Gasteiger partial charge in [0.2, 0.25) is 5.13 Å². The number of ether oxygens (including phenoxy) is 1. The minimum absolute atomic E-state index is 0.187. The molecule has 5 nitrogen and oxygen atoms in total. The molecule has 0 spiro atoms. The van der Waals surface area contributed by atoms with Gasteiger partial charge in [0.25, 0.3) is 0 Å². The lowest BCUT2D eigenvalue weighted by Gasteiger charge is -2.00. The van der Waals surface area contributed by atoms with Gasteiger partial charge in [0.05, 0.1) is 24.9 Å². The molecule has 0 saturated carbocycles. The zero-order valence-electron chi connectivity index (χ0n) is 13.8. The van der Waals surface area contributed by atoms with E-state index in [1.807, 2.05) is 29.3 Å². The van der Waals surface area contributed by atoms with Crippen LogP contribution in [0.5, 0.6) is 0 Å². The van der Waals surface area contributed by atoms with Crippen LogP contribution in [0.1, 0.15) is 31.5 Å². The number of carbonyl (C=O) groups excluding carboxylic acids is 1. The quantitative estimate of drug-likeness (QED) is 0.313. The molecule has 2 aromatic rings. The van der Waals surface area contributed by atoms with Crippen LogP contribution in [-0.2, 0) is 16.0 Å². The molecule has 0 aliphatic carbocycles. The van der Waals surface area contributed by atoms with Gasteiger partial charge < -0.3 is 4.74 Å². The van der Waals surface area contributed by atoms with Gasteiger partial charge in [-0.05, 0) is 36.8 Å². The van der Waals surface area contributed by atoms with Crippen LogP contribution in [-0.4, -0.2) is 29.5 Å². The van der Waals surface area contributed by atoms with Gasteiger partial charge in [0, 0.05) is 10.3 Å². The van der Waals surface area contributed by atoms with Crippen molar-refractivity contribution in [1.29, 1.82) is 0 Å². The number of aromatic nitrogens is 1. The second-order valence-electron chi connectivity index (χ2n) is 4.91. The fourth-order valence-electron chi connectivity index (χ4n) is 1.83. The molecule has 24 heavy (non-hydrogen) atoms. The fraction of sp³-hybridized carbons (Fsp3) is 0.353. The number of hydrogen-bond acceptors (Lipinski definition) is 7. The van der Waals surface area contributed by atoms with Crippen molar-refractivity contribution in [3.05, 3.63) is 40.9 Å². The molecule has 1 N–H and O–H groups in total. The van der Waals surface area contributed by atoms with Gasteiger partial charge in [-0.25, -0.2) is 4.98 Å². The molecule has 7 heteroatoms. The summed E-state index contributed by atoms with van der Waals surface area (Å²) in [4.78, 5) is 17.0. The molecule has 0 aliphatic rings. The molecule has 1 heterocycles. The van der Waals surface area contributed by atoms with E-state index in [4.69, 9.17) is 4.74 Å². The van der Waals surface area contributed by atoms with Crippen LogP contribution in [0.25, 0.3) is 0 Å². The highest BCUT2D eigenvalue weighted by Gasteiger charge is 2.07. The summed E-state index contributed by atoms with van der Waals surface area (Å²) in [5.74, 6) is 0.867. The van der Waals surface area contributed by atoms with E-state index in [9.17, 15) is 4.79 Å². The van der Waals surface area contributed by atoms with Crippen LogP contribution >= 0.6 is 23.1 Å². The Morgan fingerprint density at radius 2 is 2.17 bits per heavy atom. The minimum atomic E-state index is -0.265. The molecule has 1 aromatic heterocycles.